The van der Waals surface area contributed by atoms with E-state index in [9.17, 15) is 0 Å². The molecule has 100 valence electrons. The van der Waals surface area contributed by atoms with Gasteiger partial charge in [0.15, 0.2) is 0 Å². The summed E-state index contributed by atoms with van der Waals surface area (Å²) >= 11 is 0. The van der Waals surface area contributed by atoms with Gasteiger partial charge in [0.1, 0.15) is 0 Å². The van der Waals surface area contributed by atoms with Crippen molar-refractivity contribution in [1.29, 1.82) is 0 Å². The summed E-state index contributed by atoms with van der Waals surface area (Å²) in [5.41, 5.74) is 8.00. The molecular formula is C17H22N2. The van der Waals surface area contributed by atoms with E-state index in [1.54, 1.807) is 0 Å². The molecule has 0 radical (unpaired) electrons. The summed E-state index contributed by atoms with van der Waals surface area (Å²) in [5.74, 6) is 0.590. The van der Waals surface area contributed by atoms with Crippen molar-refractivity contribution < 1.29 is 0 Å². The van der Waals surface area contributed by atoms with Crippen LogP contribution in [0.25, 0.3) is 10.8 Å². The van der Waals surface area contributed by atoms with Crippen molar-refractivity contribution in [2.24, 2.45) is 11.7 Å². The summed E-state index contributed by atoms with van der Waals surface area (Å²) in [7, 11) is 0. The van der Waals surface area contributed by atoms with E-state index in [4.69, 9.17) is 5.73 Å². The third-order valence-electron chi connectivity index (χ3n) is 4.80. The van der Waals surface area contributed by atoms with Gasteiger partial charge in [-0.25, -0.2) is 0 Å². The van der Waals surface area contributed by atoms with Gasteiger partial charge in [0.05, 0.1) is 0 Å². The quantitative estimate of drug-likeness (QED) is 0.880. The maximum absolute atomic E-state index is 6.87. The Hall–Kier alpha value is -1.41. The number of aromatic nitrogens is 1. The van der Waals surface area contributed by atoms with Crippen LogP contribution < -0.4 is 5.73 Å². The van der Waals surface area contributed by atoms with Crippen LogP contribution in [0.5, 0.6) is 0 Å². The Kier molecular flexibility index (Phi) is 3.28. The molecule has 2 atom stereocenters. The molecule has 0 spiro atoms. The van der Waals surface area contributed by atoms with Crippen LogP contribution in [0.2, 0.25) is 0 Å². The molecule has 1 aromatic carbocycles. The van der Waals surface area contributed by atoms with Crippen molar-refractivity contribution in [3.8, 4) is 0 Å². The van der Waals surface area contributed by atoms with E-state index in [1.807, 2.05) is 12.4 Å². The minimum Gasteiger partial charge on any atom is -0.321 e. The average Bonchev–Trinajstić information content (AvgIpc) is 2.47. The molecule has 1 fully saturated rings. The predicted octanol–water partition coefficient (Wildman–Crippen LogP) is 3.99. The molecule has 0 saturated heterocycles. The lowest BCUT2D eigenvalue weighted by Crippen LogP contribution is -2.46. The van der Waals surface area contributed by atoms with E-state index in [2.05, 4.69) is 36.2 Å². The van der Waals surface area contributed by atoms with Crippen LogP contribution in [-0.4, -0.2) is 4.98 Å². The second kappa shape index (κ2) is 4.93. The number of nitrogens with two attached hydrogens (primary N) is 1. The molecule has 0 aliphatic heterocycles. The smallest absolute Gasteiger partial charge is 0.0444 e. The van der Waals surface area contributed by atoms with Crippen molar-refractivity contribution in [3.05, 3.63) is 42.2 Å². The summed E-state index contributed by atoms with van der Waals surface area (Å²) in [5, 5.41) is 2.48. The van der Waals surface area contributed by atoms with Gasteiger partial charge in [-0.2, -0.15) is 0 Å². The van der Waals surface area contributed by atoms with Crippen LogP contribution in [0.4, 0.5) is 0 Å². The van der Waals surface area contributed by atoms with Crippen molar-refractivity contribution in [2.45, 2.75) is 44.6 Å². The standard InChI is InChI=1S/C17H22N2/c1-2-14-7-3-4-10-17(14,18)16-8-5-6-13-9-11-19-12-15(13)16/h5-6,8-9,11-12,14H,2-4,7,10,18H2,1H3. The van der Waals surface area contributed by atoms with Gasteiger partial charge in [-0.1, -0.05) is 44.4 Å². The number of benzene rings is 1. The lowest BCUT2D eigenvalue weighted by atomic mass is 9.67. The largest absolute Gasteiger partial charge is 0.321 e. The van der Waals surface area contributed by atoms with Gasteiger partial charge in [0.2, 0.25) is 0 Å². The highest BCUT2D eigenvalue weighted by molar-refractivity contribution is 5.85. The number of hydrogen-bond donors (Lipinski definition) is 1. The SMILES string of the molecule is CCC1CCCCC1(N)c1cccc2ccncc12. The zero-order valence-electron chi connectivity index (χ0n) is 11.6. The van der Waals surface area contributed by atoms with Gasteiger partial charge < -0.3 is 5.73 Å². The Bertz CT molecular complexity index is 573. The Balaban J connectivity index is 2.16. The summed E-state index contributed by atoms with van der Waals surface area (Å²) in [6, 6.07) is 8.56. The fourth-order valence-electron chi connectivity index (χ4n) is 3.71. The monoisotopic (exact) mass is 254 g/mol. The molecule has 2 nitrogen and oxygen atoms in total. The highest BCUT2D eigenvalue weighted by Crippen LogP contribution is 2.43. The average molecular weight is 254 g/mol. The van der Waals surface area contributed by atoms with E-state index in [0.717, 1.165) is 12.8 Å². The molecule has 3 rings (SSSR count). The lowest BCUT2D eigenvalue weighted by molar-refractivity contribution is 0.186. The van der Waals surface area contributed by atoms with Gasteiger partial charge in [0.25, 0.3) is 0 Å². The van der Waals surface area contributed by atoms with E-state index in [0.29, 0.717) is 5.92 Å². The van der Waals surface area contributed by atoms with Gasteiger partial charge in [-0.3, -0.25) is 4.98 Å². The van der Waals surface area contributed by atoms with E-state index in [1.165, 1.54) is 35.6 Å². The summed E-state index contributed by atoms with van der Waals surface area (Å²) in [6.45, 7) is 2.26. The number of rotatable bonds is 2. The minimum atomic E-state index is -0.171. The first kappa shape index (κ1) is 12.6. The molecule has 1 aliphatic carbocycles. The highest BCUT2D eigenvalue weighted by atomic mass is 14.8. The van der Waals surface area contributed by atoms with Crippen molar-refractivity contribution in [3.63, 3.8) is 0 Å². The fraction of sp³-hybridized carbons (Fsp3) is 0.471. The van der Waals surface area contributed by atoms with Crippen LogP contribution in [0.1, 0.15) is 44.6 Å². The second-order valence-corrected chi connectivity index (χ2v) is 5.79. The van der Waals surface area contributed by atoms with E-state index >= 15 is 0 Å². The van der Waals surface area contributed by atoms with Crippen LogP contribution in [0.3, 0.4) is 0 Å². The molecule has 2 heteroatoms. The summed E-state index contributed by atoms with van der Waals surface area (Å²) < 4.78 is 0. The topological polar surface area (TPSA) is 38.9 Å². The van der Waals surface area contributed by atoms with E-state index < -0.39 is 0 Å². The van der Waals surface area contributed by atoms with Gasteiger partial charge >= 0.3 is 0 Å². The number of pyridine rings is 1. The molecule has 2 aromatic rings. The minimum absolute atomic E-state index is 0.171. The first-order valence-corrected chi connectivity index (χ1v) is 7.38. The lowest BCUT2D eigenvalue weighted by Gasteiger charge is -2.42. The molecule has 19 heavy (non-hydrogen) atoms. The molecule has 2 unspecified atom stereocenters. The van der Waals surface area contributed by atoms with Crippen LogP contribution in [0, 0.1) is 5.92 Å². The molecule has 1 heterocycles. The molecule has 2 N–H and O–H groups in total. The van der Waals surface area contributed by atoms with E-state index in [-0.39, 0.29) is 5.54 Å². The van der Waals surface area contributed by atoms with Crippen molar-refractivity contribution >= 4 is 10.8 Å². The maximum atomic E-state index is 6.87. The van der Waals surface area contributed by atoms with Crippen LogP contribution in [0.15, 0.2) is 36.7 Å². The van der Waals surface area contributed by atoms with Gasteiger partial charge in [-0.15, -0.1) is 0 Å². The first-order valence-electron chi connectivity index (χ1n) is 7.38. The van der Waals surface area contributed by atoms with Gasteiger partial charge in [-0.05, 0) is 35.8 Å². The Morgan fingerprint density at radius 2 is 2.21 bits per heavy atom. The molecular weight excluding hydrogens is 232 g/mol. The molecule has 1 aromatic heterocycles. The Morgan fingerprint density at radius 3 is 3.05 bits per heavy atom. The summed E-state index contributed by atoms with van der Waals surface area (Å²) in [6.07, 6.45) is 9.90. The van der Waals surface area contributed by atoms with Gasteiger partial charge in [0, 0.05) is 23.3 Å². The molecule has 1 saturated carbocycles. The third kappa shape index (κ3) is 2.04. The molecule has 1 aliphatic rings. The zero-order valence-corrected chi connectivity index (χ0v) is 11.6. The third-order valence-corrected chi connectivity index (χ3v) is 4.80. The Labute approximate surface area is 115 Å². The predicted molar refractivity (Wildman–Crippen MR) is 79.9 cm³/mol. The van der Waals surface area contributed by atoms with Crippen LogP contribution >= 0.6 is 0 Å². The number of nitrogens with zero attached hydrogens (tertiary/aromatic N) is 1. The highest BCUT2D eigenvalue weighted by Gasteiger charge is 2.38. The summed E-state index contributed by atoms with van der Waals surface area (Å²) in [4.78, 5) is 4.29. The normalized spacial score (nSPS) is 27.6. The van der Waals surface area contributed by atoms with Crippen molar-refractivity contribution in [2.75, 3.05) is 0 Å². The maximum Gasteiger partial charge on any atom is 0.0444 e. The first-order chi connectivity index (χ1) is 9.25. The number of fused-ring (bicyclic) bond motifs is 1. The number of hydrogen-bond acceptors (Lipinski definition) is 2. The molecule has 0 bridgehead atoms. The van der Waals surface area contributed by atoms with Crippen LogP contribution in [-0.2, 0) is 5.54 Å². The fourth-order valence-corrected chi connectivity index (χ4v) is 3.71. The zero-order chi connectivity index (χ0) is 13.3. The Morgan fingerprint density at radius 1 is 1.32 bits per heavy atom. The van der Waals surface area contributed by atoms with Crippen molar-refractivity contribution in [1.82, 2.24) is 4.98 Å². The second-order valence-electron chi connectivity index (χ2n) is 5.79. The molecule has 0 amide bonds.